The number of aromatic nitrogens is 1. The first-order valence-corrected chi connectivity index (χ1v) is 12.3. The number of rotatable bonds is 7. The molecule has 3 aromatic rings. The van der Waals surface area contributed by atoms with Gasteiger partial charge in [0.25, 0.3) is 0 Å². The van der Waals surface area contributed by atoms with Crippen molar-refractivity contribution in [2.45, 2.75) is 19.8 Å². The highest BCUT2D eigenvalue weighted by molar-refractivity contribution is 7.23. The van der Waals surface area contributed by atoms with E-state index in [1.807, 2.05) is 36.1 Å². The third-order valence-corrected chi connectivity index (χ3v) is 7.90. The molecule has 168 valence electrons. The van der Waals surface area contributed by atoms with Gasteiger partial charge in [-0.1, -0.05) is 40.6 Å². The van der Waals surface area contributed by atoms with E-state index < -0.39 is 0 Å². The Kier molecular flexibility index (Phi) is 8.99. The van der Waals surface area contributed by atoms with E-state index in [0.29, 0.717) is 27.5 Å². The number of thiazole rings is 1. The molecular weight excluding hydrogens is 497 g/mol. The van der Waals surface area contributed by atoms with Gasteiger partial charge in [-0.15, -0.1) is 23.7 Å². The maximum absolute atomic E-state index is 13.2. The number of halogens is 3. The average Bonchev–Trinajstić information content (AvgIpc) is 3.36. The molecule has 31 heavy (non-hydrogen) atoms. The number of morpholine rings is 1. The monoisotopic (exact) mass is 519 g/mol. The fourth-order valence-electron chi connectivity index (χ4n) is 3.50. The van der Waals surface area contributed by atoms with Crippen LogP contribution in [0.1, 0.15) is 16.9 Å². The van der Waals surface area contributed by atoms with Gasteiger partial charge in [0, 0.05) is 31.1 Å². The second kappa shape index (κ2) is 11.3. The quantitative estimate of drug-likeness (QED) is 0.401. The van der Waals surface area contributed by atoms with Crippen LogP contribution in [0.2, 0.25) is 9.36 Å². The summed E-state index contributed by atoms with van der Waals surface area (Å²) in [4.78, 5) is 23.2. The number of anilines is 1. The molecule has 1 saturated heterocycles. The summed E-state index contributed by atoms with van der Waals surface area (Å²) in [5.41, 5.74) is 1.93. The van der Waals surface area contributed by atoms with E-state index in [9.17, 15) is 4.79 Å². The minimum Gasteiger partial charge on any atom is -0.379 e. The molecule has 4 rings (SSSR count). The molecule has 1 amide bonds. The van der Waals surface area contributed by atoms with E-state index in [1.54, 1.807) is 0 Å². The van der Waals surface area contributed by atoms with Crippen LogP contribution in [0.15, 0.2) is 24.3 Å². The molecule has 0 atom stereocenters. The maximum atomic E-state index is 13.2. The summed E-state index contributed by atoms with van der Waals surface area (Å²) < 4.78 is 7.04. The van der Waals surface area contributed by atoms with Gasteiger partial charge in [0.1, 0.15) is 0 Å². The lowest BCUT2D eigenvalue weighted by Crippen LogP contribution is -2.39. The van der Waals surface area contributed by atoms with E-state index in [0.717, 1.165) is 59.9 Å². The highest BCUT2D eigenvalue weighted by atomic mass is 35.5. The fraction of sp³-hybridized carbons (Fsp3) is 0.429. The SMILES string of the molecule is Cc1ccc(Cl)c2sc(N(CCCN3CCOCC3)C(=O)Cc3ccc(Cl)s3)nc12.Cl. The molecule has 0 radical (unpaired) electrons. The number of hydrogen-bond acceptors (Lipinski definition) is 6. The van der Waals surface area contributed by atoms with Crippen LogP contribution in [0.4, 0.5) is 5.13 Å². The lowest BCUT2D eigenvalue weighted by Gasteiger charge is -2.27. The third kappa shape index (κ3) is 6.11. The summed E-state index contributed by atoms with van der Waals surface area (Å²) in [7, 11) is 0. The molecule has 3 heterocycles. The smallest absolute Gasteiger partial charge is 0.234 e. The van der Waals surface area contributed by atoms with E-state index in [-0.39, 0.29) is 18.3 Å². The molecule has 0 bridgehead atoms. The zero-order chi connectivity index (χ0) is 21.1. The molecule has 0 unspecified atom stereocenters. The van der Waals surface area contributed by atoms with E-state index in [2.05, 4.69) is 4.90 Å². The molecule has 0 N–H and O–H groups in total. The van der Waals surface area contributed by atoms with Crippen molar-refractivity contribution in [1.29, 1.82) is 0 Å². The zero-order valence-corrected chi connectivity index (χ0v) is 21.1. The number of benzene rings is 1. The Bertz CT molecular complexity index is 995. The molecule has 0 aliphatic carbocycles. The van der Waals surface area contributed by atoms with Crippen LogP contribution in [0.25, 0.3) is 10.2 Å². The second-order valence-corrected chi connectivity index (χ2v) is 10.5. The summed E-state index contributed by atoms with van der Waals surface area (Å²) in [6.45, 7) is 7.00. The Hall–Kier alpha value is -0.930. The van der Waals surface area contributed by atoms with Crippen LogP contribution < -0.4 is 4.90 Å². The fourth-order valence-corrected chi connectivity index (χ4v) is 5.94. The predicted molar refractivity (Wildman–Crippen MR) is 134 cm³/mol. The zero-order valence-electron chi connectivity index (χ0n) is 17.1. The van der Waals surface area contributed by atoms with Crippen LogP contribution in [0, 0.1) is 6.92 Å². The minimum atomic E-state index is 0. The van der Waals surface area contributed by atoms with Crippen LogP contribution in [-0.2, 0) is 16.0 Å². The number of hydrogen-bond donors (Lipinski definition) is 0. The van der Waals surface area contributed by atoms with Crippen LogP contribution in [-0.4, -0.2) is 55.2 Å². The average molecular weight is 521 g/mol. The van der Waals surface area contributed by atoms with Crippen LogP contribution in [0.3, 0.4) is 0 Å². The van der Waals surface area contributed by atoms with Gasteiger partial charge in [0.05, 0.1) is 39.2 Å². The van der Waals surface area contributed by atoms with Crippen molar-refractivity contribution >= 4 is 79.5 Å². The second-order valence-electron chi connectivity index (χ2n) is 7.27. The molecule has 5 nitrogen and oxygen atoms in total. The highest BCUT2D eigenvalue weighted by Gasteiger charge is 2.22. The van der Waals surface area contributed by atoms with Gasteiger partial charge in [-0.2, -0.15) is 0 Å². The largest absolute Gasteiger partial charge is 0.379 e. The summed E-state index contributed by atoms with van der Waals surface area (Å²) in [6, 6.07) is 7.60. The topological polar surface area (TPSA) is 45.7 Å². The Balaban J connectivity index is 0.00000272. The third-order valence-electron chi connectivity index (χ3n) is 5.13. The Morgan fingerprint density at radius 1 is 1.19 bits per heavy atom. The van der Waals surface area contributed by atoms with Gasteiger partial charge in [0.15, 0.2) is 5.13 Å². The molecule has 2 aromatic heterocycles. The van der Waals surface area contributed by atoms with E-state index >= 15 is 0 Å². The molecule has 0 spiro atoms. The molecule has 1 aliphatic heterocycles. The van der Waals surface area contributed by atoms with Gasteiger partial charge in [-0.25, -0.2) is 4.98 Å². The molecule has 1 fully saturated rings. The molecule has 1 aromatic carbocycles. The standard InChI is InChI=1S/C21H23Cl2N3O2S2.ClH/c1-14-3-5-16(22)20-19(14)24-21(30-20)26(8-2-7-25-9-11-28-12-10-25)18(27)13-15-4-6-17(23)29-15;/h3-6H,2,7-13H2,1H3;1H. The van der Waals surface area contributed by atoms with Crippen molar-refractivity contribution in [1.82, 2.24) is 9.88 Å². The number of carbonyl (C=O) groups is 1. The normalized spacial score (nSPS) is 14.5. The molecule has 1 aliphatic rings. The Morgan fingerprint density at radius 3 is 2.65 bits per heavy atom. The van der Waals surface area contributed by atoms with E-state index in [4.69, 9.17) is 32.9 Å². The Morgan fingerprint density at radius 2 is 1.97 bits per heavy atom. The molecule has 0 saturated carbocycles. The van der Waals surface area contributed by atoms with Gasteiger partial charge in [0.2, 0.25) is 5.91 Å². The number of aryl methyl sites for hydroxylation is 1. The number of carbonyl (C=O) groups excluding carboxylic acids is 1. The lowest BCUT2D eigenvalue weighted by molar-refractivity contribution is -0.118. The van der Waals surface area contributed by atoms with Crippen molar-refractivity contribution in [3.8, 4) is 0 Å². The van der Waals surface area contributed by atoms with E-state index in [1.165, 1.54) is 22.7 Å². The number of amides is 1. The summed E-state index contributed by atoms with van der Waals surface area (Å²) in [6.07, 6.45) is 1.19. The number of nitrogens with zero attached hydrogens (tertiary/aromatic N) is 3. The van der Waals surface area contributed by atoms with Gasteiger partial charge in [-0.05, 0) is 37.1 Å². The lowest BCUT2D eigenvalue weighted by atomic mass is 10.2. The molecular formula is C21H24Cl3N3O2S2. The predicted octanol–water partition coefficient (Wildman–Crippen LogP) is 5.69. The summed E-state index contributed by atoms with van der Waals surface area (Å²) in [5, 5.41) is 1.38. The number of ether oxygens (including phenoxy) is 1. The van der Waals surface area contributed by atoms with Gasteiger partial charge >= 0.3 is 0 Å². The first-order chi connectivity index (χ1) is 14.5. The van der Waals surface area contributed by atoms with Crippen molar-refractivity contribution in [2.75, 3.05) is 44.3 Å². The maximum Gasteiger partial charge on any atom is 0.234 e. The number of fused-ring (bicyclic) bond motifs is 1. The van der Waals surface area contributed by atoms with Crippen molar-refractivity contribution < 1.29 is 9.53 Å². The first-order valence-electron chi connectivity index (χ1n) is 9.91. The highest BCUT2D eigenvalue weighted by Crippen LogP contribution is 2.36. The van der Waals surface area contributed by atoms with Gasteiger partial charge in [-0.3, -0.25) is 14.6 Å². The van der Waals surface area contributed by atoms with Crippen molar-refractivity contribution in [3.63, 3.8) is 0 Å². The van der Waals surface area contributed by atoms with Gasteiger partial charge < -0.3 is 4.74 Å². The summed E-state index contributed by atoms with van der Waals surface area (Å²) in [5.74, 6) is 0.0309. The van der Waals surface area contributed by atoms with Crippen LogP contribution in [0.5, 0.6) is 0 Å². The number of thiophene rings is 1. The Labute approximate surface area is 206 Å². The first kappa shape index (κ1) is 24.7. The van der Waals surface area contributed by atoms with Crippen molar-refractivity contribution in [2.24, 2.45) is 0 Å². The van der Waals surface area contributed by atoms with Crippen LogP contribution >= 0.6 is 58.3 Å². The molecule has 10 heteroatoms. The minimum absolute atomic E-state index is 0. The summed E-state index contributed by atoms with van der Waals surface area (Å²) >= 11 is 15.4. The van der Waals surface area contributed by atoms with Crippen molar-refractivity contribution in [3.05, 3.63) is 44.1 Å².